The van der Waals surface area contributed by atoms with E-state index in [4.69, 9.17) is 0 Å². The van der Waals surface area contributed by atoms with Gasteiger partial charge >= 0.3 is 0 Å². The molecule has 0 aliphatic rings. The first-order valence-electron chi connectivity index (χ1n) is 4.87. The van der Waals surface area contributed by atoms with Crippen LogP contribution >= 0.6 is 17.0 Å². The van der Waals surface area contributed by atoms with Crippen LogP contribution in [-0.4, -0.2) is 15.0 Å². The standard InChI is InChI=1S/C11H13N3.BrH/c1-2-6-10-9-14(13-12-10)11-7-4-3-5-8-11;/h3-5,7-9H,2,6H2,1H3;1H. The smallest absolute Gasteiger partial charge is 0.0831 e. The summed E-state index contributed by atoms with van der Waals surface area (Å²) in [6.07, 6.45) is 4.08. The van der Waals surface area contributed by atoms with Crippen molar-refractivity contribution in [3.63, 3.8) is 0 Å². The molecule has 0 atom stereocenters. The van der Waals surface area contributed by atoms with Crippen molar-refractivity contribution in [3.05, 3.63) is 42.2 Å². The Hall–Kier alpha value is -1.16. The number of halogens is 1. The van der Waals surface area contributed by atoms with Crippen molar-refractivity contribution in [3.8, 4) is 5.69 Å². The van der Waals surface area contributed by atoms with E-state index >= 15 is 0 Å². The Kier molecular flexibility index (Phi) is 4.49. The number of hydrogen-bond donors (Lipinski definition) is 0. The lowest BCUT2D eigenvalue weighted by Gasteiger charge is -1.96. The van der Waals surface area contributed by atoms with E-state index < -0.39 is 0 Å². The highest BCUT2D eigenvalue weighted by Gasteiger charge is 2.00. The lowest BCUT2D eigenvalue weighted by molar-refractivity contribution is 0.791. The highest BCUT2D eigenvalue weighted by atomic mass is 79.9. The van der Waals surface area contributed by atoms with Crippen LogP contribution in [0.15, 0.2) is 36.5 Å². The minimum absolute atomic E-state index is 0. The molecule has 0 fully saturated rings. The van der Waals surface area contributed by atoms with Crippen LogP contribution in [0.1, 0.15) is 19.0 Å². The Morgan fingerprint density at radius 1 is 1.20 bits per heavy atom. The number of rotatable bonds is 3. The van der Waals surface area contributed by atoms with Gasteiger partial charge in [0.25, 0.3) is 0 Å². The first kappa shape index (κ1) is 11.9. The number of para-hydroxylation sites is 1. The second-order valence-electron chi connectivity index (χ2n) is 3.24. The van der Waals surface area contributed by atoms with Gasteiger partial charge in [-0.1, -0.05) is 36.8 Å². The lowest BCUT2D eigenvalue weighted by atomic mass is 10.3. The van der Waals surface area contributed by atoms with Gasteiger partial charge in [-0.3, -0.25) is 0 Å². The van der Waals surface area contributed by atoms with Crippen LogP contribution in [-0.2, 0) is 6.42 Å². The van der Waals surface area contributed by atoms with Crippen molar-refractivity contribution in [2.75, 3.05) is 0 Å². The van der Waals surface area contributed by atoms with Gasteiger partial charge in [0.15, 0.2) is 0 Å². The fourth-order valence-electron chi connectivity index (χ4n) is 1.38. The summed E-state index contributed by atoms with van der Waals surface area (Å²) >= 11 is 0. The highest BCUT2D eigenvalue weighted by Crippen LogP contribution is 2.06. The quantitative estimate of drug-likeness (QED) is 0.857. The van der Waals surface area contributed by atoms with Gasteiger partial charge in [0.2, 0.25) is 0 Å². The number of hydrogen-bond acceptors (Lipinski definition) is 2. The van der Waals surface area contributed by atoms with Gasteiger partial charge in [-0.15, -0.1) is 22.1 Å². The van der Waals surface area contributed by atoms with Gasteiger partial charge in [-0.05, 0) is 18.6 Å². The molecule has 2 rings (SSSR count). The second-order valence-corrected chi connectivity index (χ2v) is 3.24. The molecule has 80 valence electrons. The molecule has 0 aliphatic carbocycles. The average Bonchev–Trinajstić information content (AvgIpc) is 2.68. The molecule has 3 nitrogen and oxygen atoms in total. The highest BCUT2D eigenvalue weighted by molar-refractivity contribution is 8.93. The molecule has 0 bridgehead atoms. The monoisotopic (exact) mass is 267 g/mol. The molecule has 1 heterocycles. The van der Waals surface area contributed by atoms with Crippen molar-refractivity contribution < 1.29 is 0 Å². The van der Waals surface area contributed by atoms with Crippen molar-refractivity contribution in [1.29, 1.82) is 0 Å². The zero-order valence-electron chi connectivity index (χ0n) is 8.63. The van der Waals surface area contributed by atoms with Crippen LogP contribution in [0.3, 0.4) is 0 Å². The van der Waals surface area contributed by atoms with E-state index in [9.17, 15) is 0 Å². The molecular formula is C11H14BrN3. The van der Waals surface area contributed by atoms with E-state index in [0.29, 0.717) is 0 Å². The van der Waals surface area contributed by atoms with Gasteiger partial charge in [0.05, 0.1) is 17.6 Å². The molecule has 2 aromatic rings. The van der Waals surface area contributed by atoms with E-state index in [0.717, 1.165) is 24.2 Å². The lowest BCUT2D eigenvalue weighted by Crippen LogP contribution is -1.93. The van der Waals surface area contributed by atoms with E-state index in [1.54, 1.807) is 0 Å². The van der Waals surface area contributed by atoms with Crippen molar-refractivity contribution >= 4 is 17.0 Å². The summed E-state index contributed by atoms with van der Waals surface area (Å²) in [5.74, 6) is 0. The van der Waals surface area contributed by atoms with Crippen molar-refractivity contribution in [2.24, 2.45) is 0 Å². The number of aromatic nitrogens is 3. The van der Waals surface area contributed by atoms with Crippen LogP contribution in [0.2, 0.25) is 0 Å². The zero-order chi connectivity index (χ0) is 9.80. The SMILES string of the molecule is Br.CCCc1cn(-c2ccccc2)nn1. The van der Waals surface area contributed by atoms with Crippen LogP contribution in [0.25, 0.3) is 5.69 Å². The summed E-state index contributed by atoms with van der Waals surface area (Å²) in [4.78, 5) is 0. The Morgan fingerprint density at radius 2 is 1.93 bits per heavy atom. The van der Waals surface area contributed by atoms with Gasteiger partial charge < -0.3 is 0 Å². The molecule has 0 saturated carbocycles. The number of aryl methyl sites for hydroxylation is 1. The van der Waals surface area contributed by atoms with Crippen LogP contribution in [0.5, 0.6) is 0 Å². The Morgan fingerprint density at radius 3 is 2.60 bits per heavy atom. The summed E-state index contributed by atoms with van der Waals surface area (Å²) in [7, 11) is 0. The fraction of sp³-hybridized carbons (Fsp3) is 0.273. The molecule has 1 aromatic heterocycles. The van der Waals surface area contributed by atoms with Gasteiger partial charge in [0, 0.05) is 0 Å². The maximum absolute atomic E-state index is 4.10. The van der Waals surface area contributed by atoms with Crippen molar-refractivity contribution in [2.45, 2.75) is 19.8 Å². The molecule has 4 heteroatoms. The third kappa shape index (κ3) is 2.89. The Balaban J connectivity index is 0.00000112. The summed E-state index contributed by atoms with van der Waals surface area (Å²) in [5, 5.41) is 8.17. The summed E-state index contributed by atoms with van der Waals surface area (Å²) in [5.41, 5.74) is 2.11. The van der Waals surface area contributed by atoms with Gasteiger partial charge in [-0.2, -0.15) is 0 Å². The second kappa shape index (κ2) is 5.66. The molecule has 0 unspecified atom stereocenters. The normalized spacial score (nSPS) is 9.67. The Bertz CT molecular complexity index is 397. The topological polar surface area (TPSA) is 30.7 Å². The molecule has 15 heavy (non-hydrogen) atoms. The molecular weight excluding hydrogens is 254 g/mol. The largest absolute Gasteiger partial charge is 0.220 e. The van der Waals surface area contributed by atoms with Gasteiger partial charge in [-0.25, -0.2) is 4.68 Å². The summed E-state index contributed by atoms with van der Waals surface area (Å²) in [6.45, 7) is 2.14. The summed E-state index contributed by atoms with van der Waals surface area (Å²) in [6, 6.07) is 10.0. The zero-order valence-corrected chi connectivity index (χ0v) is 10.3. The molecule has 0 spiro atoms. The maximum atomic E-state index is 4.10. The first-order valence-corrected chi connectivity index (χ1v) is 4.87. The minimum Gasteiger partial charge on any atom is -0.220 e. The van der Waals surface area contributed by atoms with E-state index in [1.807, 2.05) is 41.2 Å². The molecule has 0 saturated heterocycles. The molecule has 0 aliphatic heterocycles. The predicted octanol–water partition coefficient (Wildman–Crippen LogP) is 2.80. The Labute approximate surface area is 99.9 Å². The van der Waals surface area contributed by atoms with E-state index in [1.165, 1.54) is 0 Å². The average molecular weight is 268 g/mol. The third-order valence-electron chi connectivity index (χ3n) is 2.07. The third-order valence-corrected chi connectivity index (χ3v) is 2.07. The van der Waals surface area contributed by atoms with Crippen LogP contribution in [0, 0.1) is 0 Å². The molecule has 0 radical (unpaired) electrons. The summed E-state index contributed by atoms with van der Waals surface area (Å²) < 4.78 is 1.81. The van der Waals surface area contributed by atoms with Crippen LogP contribution < -0.4 is 0 Å². The predicted molar refractivity (Wildman–Crippen MR) is 65.7 cm³/mol. The fourth-order valence-corrected chi connectivity index (χ4v) is 1.38. The van der Waals surface area contributed by atoms with E-state index in [2.05, 4.69) is 17.2 Å². The van der Waals surface area contributed by atoms with Crippen molar-refractivity contribution in [1.82, 2.24) is 15.0 Å². The number of benzene rings is 1. The minimum atomic E-state index is 0. The first-order chi connectivity index (χ1) is 6.90. The maximum Gasteiger partial charge on any atom is 0.0831 e. The van der Waals surface area contributed by atoms with Crippen LogP contribution in [0.4, 0.5) is 0 Å². The van der Waals surface area contributed by atoms with E-state index in [-0.39, 0.29) is 17.0 Å². The molecule has 1 aromatic carbocycles. The molecule has 0 amide bonds. The number of nitrogens with zero attached hydrogens (tertiary/aromatic N) is 3. The molecule has 0 N–H and O–H groups in total. The van der Waals surface area contributed by atoms with Gasteiger partial charge in [0.1, 0.15) is 0 Å².